The minimum absolute atomic E-state index is 0.0853. The first-order chi connectivity index (χ1) is 13.8. The monoisotopic (exact) mass is 413 g/mol. The fourth-order valence-electron chi connectivity index (χ4n) is 3.48. The molecule has 0 aromatic heterocycles. The summed E-state index contributed by atoms with van der Waals surface area (Å²) in [6, 6.07) is 13.1. The first-order valence-electron chi connectivity index (χ1n) is 9.60. The zero-order valence-corrected chi connectivity index (χ0v) is 17.4. The van der Waals surface area contributed by atoms with Crippen LogP contribution in [0.4, 0.5) is 0 Å². The summed E-state index contributed by atoms with van der Waals surface area (Å²) in [6.45, 7) is 6.81. The summed E-state index contributed by atoms with van der Waals surface area (Å²) >= 11 is 5.93. The van der Waals surface area contributed by atoms with E-state index in [4.69, 9.17) is 16.3 Å². The Hall–Kier alpha value is -2.79. The largest absolute Gasteiger partial charge is 0.507 e. The normalized spacial score (nSPS) is 18.5. The maximum Gasteiger partial charge on any atom is 0.295 e. The Labute approximate surface area is 175 Å². The second kappa shape index (κ2) is 8.70. The van der Waals surface area contributed by atoms with Gasteiger partial charge in [0.1, 0.15) is 11.5 Å². The number of nitrogens with zero attached hydrogens (tertiary/aromatic N) is 1. The lowest BCUT2D eigenvalue weighted by Gasteiger charge is -2.27. The molecule has 0 bridgehead atoms. The highest BCUT2D eigenvalue weighted by Crippen LogP contribution is 2.40. The summed E-state index contributed by atoms with van der Waals surface area (Å²) in [4.78, 5) is 27.2. The van der Waals surface area contributed by atoms with Crippen molar-refractivity contribution in [1.29, 1.82) is 0 Å². The smallest absolute Gasteiger partial charge is 0.295 e. The number of hydrogen-bond acceptors (Lipinski definition) is 4. The van der Waals surface area contributed by atoms with Crippen molar-refractivity contribution in [3.63, 3.8) is 0 Å². The summed E-state index contributed by atoms with van der Waals surface area (Å²) < 4.78 is 5.49. The highest BCUT2D eigenvalue weighted by molar-refractivity contribution is 6.46. The molecule has 152 valence electrons. The van der Waals surface area contributed by atoms with E-state index in [9.17, 15) is 14.7 Å². The quantitative estimate of drug-likeness (QED) is 0.419. The Bertz CT molecular complexity index is 932. The topological polar surface area (TPSA) is 66.8 Å². The number of amides is 1. The number of carbonyl (C=O) groups excluding carboxylic acids is 2. The standard InChI is InChI=1S/C23H24ClNO4/c1-4-29-18-11-7-15(8-12-18)20-19(21(26)16-5-9-17(24)10-6-16)22(27)23(28)25(20)13-14(2)3/h5-12,14,20,26H,4,13H2,1-3H3/t20-/m1/s1. The molecule has 1 N–H and O–H groups in total. The molecule has 1 aliphatic rings. The maximum absolute atomic E-state index is 12.9. The van der Waals surface area contributed by atoms with Gasteiger partial charge in [-0.2, -0.15) is 0 Å². The number of halogens is 1. The van der Waals surface area contributed by atoms with Gasteiger partial charge < -0.3 is 14.7 Å². The number of ketones is 1. The second-order valence-electron chi connectivity index (χ2n) is 7.35. The van der Waals surface area contributed by atoms with Crippen molar-refractivity contribution in [3.05, 3.63) is 70.3 Å². The molecule has 0 radical (unpaired) electrons. The van der Waals surface area contributed by atoms with Crippen LogP contribution in [0.25, 0.3) is 5.76 Å². The molecule has 0 aliphatic carbocycles. The van der Waals surface area contributed by atoms with Crippen LogP contribution in [0.1, 0.15) is 37.9 Å². The summed E-state index contributed by atoms with van der Waals surface area (Å²) in [5, 5.41) is 11.5. The van der Waals surface area contributed by atoms with Crippen LogP contribution in [0.15, 0.2) is 54.1 Å². The van der Waals surface area contributed by atoms with Crippen molar-refractivity contribution >= 4 is 29.1 Å². The Morgan fingerprint density at radius 3 is 2.28 bits per heavy atom. The summed E-state index contributed by atoms with van der Waals surface area (Å²) in [5.74, 6) is -0.626. The van der Waals surface area contributed by atoms with Crippen LogP contribution in [0.2, 0.25) is 5.02 Å². The van der Waals surface area contributed by atoms with E-state index in [0.717, 1.165) is 5.56 Å². The first kappa shape index (κ1) is 20.9. The van der Waals surface area contributed by atoms with Gasteiger partial charge in [0.05, 0.1) is 18.2 Å². The maximum atomic E-state index is 12.9. The van der Waals surface area contributed by atoms with Gasteiger partial charge in [0.25, 0.3) is 11.7 Å². The van der Waals surface area contributed by atoms with E-state index < -0.39 is 17.7 Å². The number of ether oxygens (including phenoxy) is 1. The molecule has 2 aromatic rings. The van der Waals surface area contributed by atoms with Crippen LogP contribution >= 0.6 is 11.6 Å². The Balaban J connectivity index is 2.13. The van der Waals surface area contributed by atoms with Crippen molar-refractivity contribution < 1.29 is 19.4 Å². The van der Waals surface area contributed by atoms with Crippen molar-refractivity contribution in [2.75, 3.05) is 13.2 Å². The van der Waals surface area contributed by atoms with Gasteiger partial charge in [0.2, 0.25) is 0 Å². The van der Waals surface area contributed by atoms with Gasteiger partial charge in [0, 0.05) is 17.1 Å². The molecule has 0 unspecified atom stereocenters. The van der Waals surface area contributed by atoms with E-state index in [1.165, 1.54) is 4.90 Å². The van der Waals surface area contributed by atoms with Gasteiger partial charge in [0.15, 0.2) is 0 Å². The fraction of sp³-hybridized carbons (Fsp3) is 0.304. The van der Waals surface area contributed by atoms with Crippen molar-refractivity contribution in [1.82, 2.24) is 4.90 Å². The summed E-state index contributed by atoms with van der Waals surface area (Å²) in [6.07, 6.45) is 0. The van der Waals surface area contributed by atoms with Crippen molar-refractivity contribution in [2.24, 2.45) is 5.92 Å². The van der Waals surface area contributed by atoms with E-state index >= 15 is 0 Å². The minimum atomic E-state index is -0.683. The lowest BCUT2D eigenvalue weighted by molar-refractivity contribution is -0.140. The summed E-state index contributed by atoms with van der Waals surface area (Å²) in [7, 11) is 0. The average molecular weight is 414 g/mol. The van der Waals surface area contributed by atoms with Gasteiger partial charge in [-0.25, -0.2) is 0 Å². The number of rotatable bonds is 6. The molecule has 1 aliphatic heterocycles. The van der Waals surface area contributed by atoms with Gasteiger partial charge in [-0.3, -0.25) is 9.59 Å². The van der Waals surface area contributed by atoms with Crippen LogP contribution in [-0.2, 0) is 9.59 Å². The number of likely N-dealkylation sites (tertiary alicyclic amines) is 1. The van der Waals surface area contributed by atoms with E-state index in [2.05, 4.69) is 0 Å². The Morgan fingerprint density at radius 2 is 1.72 bits per heavy atom. The lowest BCUT2D eigenvalue weighted by atomic mass is 9.95. The third kappa shape index (κ3) is 4.30. The number of carbonyl (C=O) groups is 2. The molecular weight excluding hydrogens is 390 g/mol. The molecule has 2 aromatic carbocycles. The van der Waals surface area contributed by atoms with Crippen LogP contribution in [-0.4, -0.2) is 34.8 Å². The van der Waals surface area contributed by atoms with Crippen LogP contribution in [0.5, 0.6) is 5.75 Å². The van der Waals surface area contributed by atoms with Gasteiger partial charge in [-0.05, 0) is 54.8 Å². The Morgan fingerprint density at radius 1 is 1.10 bits per heavy atom. The van der Waals surface area contributed by atoms with Gasteiger partial charge >= 0.3 is 0 Å². The predicted octanol–water partition coefficient (Wildman–Crippen LogP) is 4.82. The highest BCUT2D eigenvalue weighted by Gasteiger charge is 2.46. The zero-order valence-electron chi connectivity index (χ0n) is 16.7. The molecule has 5 nitrogen and oxygen atoms in total. The van der Waals surface area contributed by atoms with Crippen molar-refractivity contribution in [2.45, 2.75) is 26.8 Å². The molecule has 6 heteroatoms. The lowest BCUT2D eigenvalue weighted by Crippen LogP contribution is -2.33. The van der Waals surface area contributed by atoms with E-state index in [1.54, 1.807) is 36.4 Å². The predicted molar refractivity (Wildman–Crippen MR) is 113 cm³/mol. The van der Waals surface area contributed by atoms with E-state index in [1.807, 2.05) is 32.9 Å². The fourth-order valence-corrected chi connectivity index (χ4v) is 3.61. The third-order valence-corrected chi connectivity index (χ3v) is 4.98. The van der Waals surface area contributed by atoms with Gasteiger partial charge in [-0.1, -0.05) is 37.6 Å². The SMILES string of the molecule is CCOc1ccc([C@@H]2C(=C(O)c3ccc(Cl)cc3)C(=O)C(=O)N2CC(C)C)cc1. The number of aliphatic hydroxyl groups is 1. The number of Topliss-reactive ketones (excluding diaryl/α,β-unsaturated/α-hetero) is 1. The second-order valence-corrected chi connectivity index (χ2v) is 7.79. The number of hydrogen-bond donors (Lipinski definition) is 1. The Kier molecular flexibility index (Phi) is 6.28. The molecule has 29 heavy (non-hydrogen) atoms. The average Bonchev–Trinajstić information content (AvgIpc) is 2.93. The van der Waals surface area contributed by atoms with Crippen LogP contribution in [0.3, 0.4) is 0 Å². The minimum Gasteiger partial charge on any atom is -0.507 e. The first-order valence-corrected chi connectivity index (χ1v) is 9.98. The molecule has 3 rings (SSSR count). The number of aliphatic hydroxyl groups excluding tert-OH is 1. The summed E-state index contributed by atoms with van der Waals surface area (Å²) in [5.41, 5.74) is 1.26. The number of benzene rings is 2. The van der Waals surface area contributed by atoms with E-state index in [-0.39, 0.29) is 17.3 Å². The molecule has 1 heterocycles. The highest BCUT2D eigenvalue weighted by atomic mass is 35.5. The molecule has 1 saturated heterocycles. The van der Waals surface area contributed by atoms with Crippen LogP contribution < -0.4 is 4.74 Å². The molecule has 1 fully saturated rings. The van der Waals surface area contributed by atoms with E-state index in [0.29, 0.717) is 29.5 Å². The molecule has 0 spiro atoms. The zero-order chi connectivity index (χ0) is 21.1. The third-order valence-electron chi connectivity index (χ3n) is 4.73. The van der Waals surface area contributed by atoms with Gasteiger partial charge in [-0.15, -0.1) is 0 Å². The molecule has 1 atom stereocenters. The van der Waals surface area contributed by atoms with Crippen molar-refractivity contribution in [3.8, 4) is 5.75 Å². The molecular formula is C23H24ClNO4. The molecule has 0 saturated carbocycles. The molecule has 1 amide bonds. The van der Waals surface area contributed by atoms with Crippen LogP contribution in [0, 0.1) is 5.92 Å².